The standard InChI is InChI=1S/C20H26NO5P/c1-3-24-20(22)16-25-27(23,26-19-7-5-4-6-8-19)14-13-21-15-18-11-9-17(2)10-12-18/h4-12,21H,3,13-16H2,1-2H3. The number of hydrogen-bond donors (Lipinski definition) is 1. The number of rotatable bonds is 11. The van der Waals surface area contributed by atoms with Crippen LogP contribution in [0.25, 0.3) is 0 Å². The van der Waals surface area contributed by atoms with E-state index in [9.17, 15) is 9.36 Å². The molecule has 0 saturated heterocycles. The first-order chi connectivity index (χ1) is 13.0. The highest BCUT2D eigenvalue weighted by atomic mass is 31.2. The third-order valence-corrected chi connectivity index (χ3v) is 5.47. The summed E-state index contributed by atoms with van der Waals surface area (Å²) in [5, 5.41) is 3.23. The molecule has 7 heteroatoms. The topological polar surface area (TPSA) is 73.9 Å². The van der Waals surface area contributed by atoms with Crippen LogP contribution in [0.15, 0.2) is 54.6 Å². The lowest BCUT2D eigenvalue weighted by Crippen LogP contribution is -2.21. The number of aryl methyl sites for hydroxylation is 1. The molecule has 0 spiro atoms. The normalized spacial score (nSPS) is 13.0. The first-order valence-electron chi connectivity index (χ1n) is 8.91. The Balaban J connectivity index is 1.90. The first kappa shape index (κ1) is 21.2. The van der Waals surface area contributed by atoms with Gasteiger partial charge in [-0.2, -0.15) is 0 Å². The van der Waals surface area contributed by atoms with Crippen LogP contribution >= 0.6 is 7.60 Å². The molecule has 1 unspecified atom stereocenters. The number of benzene rings is 2. The zero-order valence-electron chi connectivity index (χ0n) is 15.7. The number of para-hydroxylation sites is 1. The van der Waals surface area contributed by atoms with Gasteiger partial charge in [-0.3, -0.25) is 4.52 Å². The Morgan fingerprint density at radius 2 is 1.78 bits per heavy atom. The number of ether oxygens (including phenoxy) is 1. The van der Waals surface area contributed by atoms with Crippen molar-refractivity contribution < 1.29 is 23.1 Å². The Morgan fingerprint density at radius 3 is 2.44 bits per heavy atom. The van der Waals surface area contributed by atoms with E-state index in [0.717, 1.165) is 5.56 Å². The van der Waals surface area contributed by atoms with E-state index in [4.69, 9.17) is 13.8 Å². The molecule has 2 aromatic carbocycles. The second-order valence-electron chi connectivity index (χ2n) is 5.98. The lowest BCUT2D eigenvalue weighted by atomic mass is 10.1. The van der Waals surface area contributed by atoms with E-state index >= 15 is 0 Å². The van der Waals surface area contributed by atoms with Gasteiger partial charge in [-0.05, 0) is 31.5 Å². The van der Waals surface area contributed by atoms with Crippen molar-refractivity contribution in [2.45, 2.75) is 20.4 Å². The van der Waals surface area contributed by atoms with Crippen LogP contribution in [0.5, 0.6) is 5.75 Å². The zero-order chi connectivity index (χ0) is 19.5. The third-order valence-electron chi connectivity index (χ3n) is 3.68. The molecule has 2 aromatic rings. The van der Waals surface area contributed by atoms with Crippen LogP contribution in [0.4, 0.5) is 0 Å². The molecule has 146 valence electrons. The van der Waals surface area contributed by atoms with Gasteiger partial charge in [0.2, 0.25) is 0 Å². The Labute approximate surface area is 160 Å². The van der Waals surface area contributed by atoms with Crippen LogP contribution in [-0.2, 0) is 25.2 Å². The summed E-state index contributed by atoms with van der Waals surface area (Å²) in [5.41, 5.74) is 2.33. The van der Waals surface area contributed by atoms with Gasteiger partial charge in [0.25, 0.3) is 0 Å². The molecule has 0 heterocycles. The van der Waals surface area contributed by atoms with Gasteiger partial charge in [-0.25, -0.2) is 9.36 Å². The number of hydrogen-bond acceptors (Lipinski definition) is 6. The quantitative estimate of drug-likeness (QED) is 0.355. The predicted molar refractivity (Wildman–Crippen MR) is 105 cm³/mol. The SMILES string of the molecule is CCOC(=O)COP(=O)(CCNCc1ccc(C)cc1)Oc1ccccc1. The summed E-state index contributed by atoms with van der Waals surface area (Å²) in [6.45, 7) is 4.63. The molecule has 0 saturated carbocycles. The maximum Gasteiger partial charge on any atom is 0.381 e. The lowest BCUT2D eigenvalue weighted by Gasteiger charge is -2.19. The van der Waals surface area contributed by atoms with Crippen molar-refractivity contribution in [2.75, 3.05) is 25.9 Å². The van der Waals surface area contributed by atoms with Gasteiger partial charge in [-0.15, -0.1) is 0 Å². The fourth-order valence-corrected chi connectivity index (χ4v) is 3.74. The monoisotopic (exact) mass is 391 g/mol. The maximum absolute atomic E-state index is 13.1. The highest BCUT2D eigenvalue weighted by Crippen LogP contribution is 2.47. The Hall–Kier alpha value is -2.14. The zero-order valence-corrected chi connectivity index (χ0v) is 16.6. The van der Waals surface area contributed by atoms with Crippen LogP contribution in [0, 0.1) is 6.92 Å². The molecule has 0 bridgehead atoms. The predicted octanol–water partition coefficient (Wildman–Crippen LogP) is 3.94. The molecular formula is C20H26NO5P. The molecule has 1 N–H and O–H groups in total. The molecular weight excluding hydrogens is 365 g/mol. The lowest BCUT2D eigenvalue weighted by molar-refractivity contribution is -0.145. The van der Waals surface area contributed by atoms with E-state index in [1.807, 2.05) is 37.3 Å². The molecule has 2 rings (SSSR count). The summed E-state index contributed by atoms with van der Waals surface area (Å²) in [6, 6.07) is 17.0. The van der Waals surface area contributed by atoms with E-state index < -0.39 is 20.2 Å². The van der Waals surface area contributed by atoms with Crippen LogP contribution in [-0.4, -0.2) is 31.9 Å². The van der Waals surface area contributed by atoms with E-state index in [-0.39, 0.29) is 12.8 Å². The van der Waals surface area contributed by atoms with E-state index in [1.165, 1.54) is 5.56 Å². The molecule has 0 aromatic heterocycles. The highest BCUT2D eigenvalue weighted by Gasteiger charge is 2.27. The summed E-state index contributed by atoms with van der Waals surface area (Å²) < 4.78 is 28.8. The highest BCUT2D eigenvalue weighted by molar-refractivity contribution is 7.54. The molecule has 1 atom stereocenters. The second-order valence-corrected chi connectivity index (χ2v) is 8.09. The van der Waals surface area contributed by atoms with Gasteiger partial charge < -0.3 is 14.6 Å². The van der Waals surface area contributed by atoms with Crippen molar-refractivity contribution in [3.05, 3.63) is 65.7 Å². The summed E-state index contributed by atoms with van der Waals surface area (Å²) >= 11 is 0. The van der Waals surface area contributed by atoms with Crippen LogP contribution < -0.4 is 9.84 Å². The van der Waals surface area contributed by atoms with Crippen LogP contribution in [0.2, 0.25) is 0 Å². The minimum Gasteiger partial charge on any atom is -0.464 e. The average molecular weight is 391 g/mol. The third kappa shape index (κ3) is 7.95. The molecule has 0 fully saturated rings. The van der Waals surface area contributed by atoms with Crippen molar-refractivity contribution in [1.29, 1.82) is 0 Å². The number of esters is 1. The molecule has 0 aliphatic carbocycles. The van der Waals surface area contributed by atoms with E-state index in [1.54, 1.807) is 31.2 Å². The van der Waals surface area contributed by atoms with Gasteiger partial charge >= 0.3 is 13.6 Å². The van der Waals surface area contributed by atoms with E-state index in [0.29, 0.717) is 18.8 Å². The minimum atomic E-state index is -3.51. The van der Waals surface area contributed by atoms with Crippen molar-refractivity contribution in [3.63, 3.8) is 0 Å². The Morgan fingerprint density at radius 1 is 1.07 bits per heavy atom. The van der Waals surface area contributed by atoms with Crippen molar-refractivity contribution in [1.82, 2.24) is 5.32 Å². The summed E-state index contributed by atoms with van der Waals surface area (Å²) in [5.74, 6) is -0.134. The maximum atomic E-state index is 13.1. The van der Waals surface area contributed by atoms with Crippen LogP contribution in [0.3, 0.4) is 0 Å². The molecule has 0 aliphatic heterocycles. The fraction of sp³-hybridized carbons (Fsp3) is 0.350. The smallest absolute Gasteiger partial charge is 0.381 e. The Bertz CT molecular complexity index is 749. The summed E-state index contributed by atoms with van der Waals surface area (Å²) in [4.78, 5) is 11.5. The van der Waals surface area contributed by atoms with Gasteiger partial charge in [0.05, 0.1) is 12.8 Å². The average Bonchev–Trinajstić information content (AvgIpc) is 2.66. The van der Waals surface area contributed by atoms with Gasteiger partial charge in [0, 0.05) is 13.1 Å². The van der Waals surface area contributed by atoms with Crippen molar-refractivity contribution >= 4 is 13.6 Å². The number of carbonyl (C=O) groups is 1. The molecule has 0 amide bonds. The van der Waals surface area contributed by atoms with Gasteiger partial charge in [0.1, 0.15) is 5.75 Å². The number of nitrogens with one attached hydrogen (secondary N) is 1. The van der Waals surface area contributed by atoms with Gasteiger partial charge in [0.15, 0.2) is 6.61 Å². The number of carbonyl (C=O) groups excluding carboxylic acids is 1. The summed E-state index contributed by atoms with van der Waals surface area (Å²) in [7, 11) is -3.51. The molecule has 0 radical (unpaired) electrons. The second kappa shape index (κ2) is 10.9. The first-order valence-corrected chi connectivity index (χ1v) is 10.6. The fourth-order valence-electron chi connectivity index (χ4n) is 2.29. The summed E-state index contributed by atoms with van der Waals surface area (Å²) in [6.07, 6.45) is 0.132. The molecule has 0 aliphatic rings. The minimum absolute atomic E-state index is 0.132. The van der Waals surface area contributed by atoms with E-state index in [2.05, 4.69) is 5.32 Å². The van der Waals surface area contributed by atoms with Gasteiger partial charge in [-0.1, -0.05) is 48.0 Å². The Kier molecular flexibility index (Phi) is 8.52. The molecule has 6 nitrogen and oxygen atoms in total. The van der Waals surface area contributed by atoms with Crippen molar-refractivity contribution in [2.24, 2.45) is 0 Å². The van der Waals surface area contributed by atoms with Crippen molar-refractivity contribution in [3.8, 4) is 5.75 Å². The molecule has 27 heavy (non-hydrogen) atoms. The van der Waals surface area contributed by atoms with Crippen LogP contribution in [0.1, 0.15) is 18.1 Å². The largest absolute Gasteiger partial charge is 0.464 e.